The van der Waals surface area contributed by atoms with Crippen LogP contribution in [0.4, 0.5) is 17.1 Å². The van der Waals surface area contributed by atoms with Gasteiger partial charge in [-0.15, -0.1) is 0 Å². The lowest BCUT2D eigenvalue weighted by molar-refractivity contribution is -0.384. The second-order valence-electron chi connectivity index (χ2n) is 7.32. The Labute approximate surface area is 209 Å². The lowest BCUT2D eigenvalue weighted by Crippen LogP contribution is -2.20. The van der Waals surface area contributed by atoms with Crippen molar-refractivity contribution in [2.24, 2.45) is 0 Å². The van der Waals surface area contributed by atoms with Gasteiger partial charge in [0.2, 0.25) is 0 Å². The second-order valence-corrected chi connectivity index (χ2v) is 8.24. The van der Waals surface area contributed by atoms with Gasteiger partial charge in [-0.05, 0) is 55.0 Å². The number of carbonyl (C=O) groups excluding carboxylic acids is 2. The fourth-order valence-electron chi connectivity index (χ4n) is 3.03. The molecule has 3 rings (SSSR count). The predicted molar refractivity (Wildman–Crippen MR) is 135 cm³/mol. The molecule has 0 fully saturated rings. The van der Waals surface area contributed by atoms with Crippen LogP contribution in [0.2, 0.25) is 0 Å². The van der Waals surface area contributed by atoms with Crippen molar-refractivity contribution in [2.45, 2.75) is 6.92 Å². The molecule has 0 spiro atoms. The molecule has 176 valence electrons. The number of nitriles is 1. The van der Waals surface area contributed by atoms with E-state index >= 15 is 0 Å². The van der Waals surface area contributed by atoms with Gasteiger partial charge in [-0.2, -0.15) is 5.26 Å². The predicted octanol–water partition coefficient (Wildman–Crippen LogP) is 5.23. The van der Waals surface area contributed by atoms with Gasteiger partial charge in [-0.3, -0.25) is 19.7 Å². The molecule has 0 bridgehead atoms. The normalized spacial score (nSPS) is 10.7. The molecule has 0 saturated carbocycles. The molecule has 0 radical (unpaired) electrons. The van der Waals surface area contributed by atoms with Crippen molar-refractivity contribution in [1.29, 1.82) is 5.26 Å². The van der Waals surface area contributed by atoms with Crippen LogP contribution < -0.4 is 15.4 Å². The van der Waals surface area contributed by atoms with Crippen LogP contribution in [0.5, 0.6) is 5.75 Å². The van der Waals surface area contributed by atoms with Gasteiger partial charge in [0.05, 0.1) is 4.92 Å². The highest BCUT2D eigenvalue weighted by Crippen LogP contribution is 2.26. The van der Waals surface area contributed by atoms with Crippen molar-refractivity contribution in [1.82, 2.24) is 0 Å². The molecule has 3 aromatic carbocycles. The number of rotatable bonds is 8. The number of halogens is 1. The molecule has 35 heavy (non-hydrogen) atoms. The van der Waals surface area contributed by atoms with E-state index in [2.05, 4.69) is 26.6 Å². The molecule has 0 aromatic heterocycles. The number of non-ortho nitro benzene ring substituents is 1. The first kappa shape index (κ1) is 25.1. The molecule has 3 aromatic rings. The Morgan fingerprint density at radius 1 is 1.09 bits per heavy atom. The van der Waals surface area contributed by atoms with E-state index in [0.717, 1.165) is 5.56 Å². The fraction of sp³-hybridized carbons (Fsp3) is 0.0800. The Bertz CT molecular complexity index is 1360. The number of hydrogen-bond donors (Lipinski definition) is 2. The van der Waals surface area contributed by atoms with Gasteiger partial charge in [0.25, 0.3) is 17.5 Å². The van der Waals surface area contributed by atoms with Crippen molar-refractivity contribution in [2.75, 3.05) is 17.2 Å². The molecule has 2 N–H and O–H groups in total. The third-order valence-electron chi connectivity index (χ3n) is 4.61. The van der Waals surface area contributed by atoms with Crippen LogP contribution in [-0.4, -0.2) is 23.3 Å². The Balaban J connectivity index is 1.76. The number of anilines is 2. The third kappa shape index (κ3) is 7.25. The molecule has 0 aliphatic rings. The van der Waals surface area contributed by atoms with Crippen molar-refractivity contribution in [3.05, 3.63) is 98.0 Å². The van der Waals surface area contributed by atoms with Crippen molar-refractivity contribution in [3.8, 4) is 11.8 Å². The standard InChI is InChI=1S/C25H19BrN4O5/c1-16-4-2-5-20(10-16)28-24(31)15-35-23-9-8-19(26)12-17(23)11-18(14-27)25(32)29-21-6-3-7-22(13-21)30(33)34/h2-13H,15H2,1H3,(H,28,31)(H,29,32)/b18-11+. The maximum Gasteiger partial charge on any atom is 0.271 e. The monoisotopic (exact) mass is 534 g/mol. The van der Waals surface area contributed by atoms with E-state index in [1.807, 2.05) is 31.2 Å². The van der Waals surface area contributed by atoms with Crippen LogP contribution in [-0.2, 0) is 9.59 Å². The number of amides is 2. The molecular formula is C25H19BrN4O5. The molecule has 0 heterocycles. The summed E-state index contributed by atoms with van der Waals surface area (Å²) < 4.78 is 6.31. The summed E-state index contributed by atoms with van der Waals surface area (Å²) in [6, 6.07) is 19.4. The number of nitrogens with one attached hydrogen (secondary N) is 2. The summed E-state index contributed by atoms with van der Waals surface area (Å²) in [4.78, 5) is 35.3. The number of nitrogens with zero attached hydrogens (tertiary/aromatic N) is 2. The second kappa shape index (κ2) is 11.6. The average molecular weight is 535 g/mol. The van der Waals surface area contributed by atoms with Crippen LogP contribution in [0.15, 0.2) is 76.8 Å². The Hall–Kier alpha value is -4.49. The van der Waals surface area contributed by atoms with Gasteiger partial charge in [-0.25, -0.2) is 0 Å². The Morgan fingerprint density at radius 2 is 1.80 bits per heavy atom. The molecule has 0 aliphatic heterocycles. The zero-order chi connectivity index (χ0) is 25.4. The van der Waals surface area contributed by atoms with Gasteiger partial charge in [0.15, 0.2) is 6.61 Å². The van der Waals surface area contributed by atoms with Crippen LogP contribution in [0, 0.1) is 28.4 Å². The zero-order valence-electron chi connectivity index (χ0n) is 18.4. The zero-order valence-corrected chi connectivity index (χ0v) is 20.0. The minimum Gasteiger partial charge on any atom is -0.483 e. The van der Waals surface area contributed by atoms with Crippen LogP contribution in [0.3, 0.4) is 0 Å². The van der Waals surface area contributed by atoms with E-state index in [9.17, 15) is 25.0 Å². The van der Waals surface area contributed by atoms with E-state index in [4.69, 9.17) is 4.74 Å². The molecule has 10 heteroatoms. The highest BCUT2D eigenvalue weighted by atomic mass is 79.9. The smallest absolute Gasteiger partial charge is 0.271 e. The topological polar surface area (TPSA) is 134 Å². The van der Waals surface area contributed by atoms with Gasteiger partial charge in [0.1, 0.15) is 17.4 Å². The van der Waals surface area contributed by atoms with Gasteiger partial charge < -0.3 is 15.4 Å². The Kier molecular flexibility index (Phi) is 8.32. The number of hydrogen-bond acceptors (Lipinski definition) is 6. The summed E-state index contributed by atoms with van der Waals surface area (Å²) in [5, 5.41) is 25.7. The third-order valence-corrected chi connectivity index (χ3v) is 5.11. The van der Waals surface area contributed by atoms with E-state index < -0.39 is 10.8 Å². The lowest BCUT2D eigenvalue weighted by Gasteiger charge is -2.11. The largest absolute Gasteiger partial charge is 0.483 e. The molecule has 9 nitrogen and oxygen atoms in total. The summed E-state index contributed by atoms with van der Waals surface area (Å²) in [5.41, 5.74) is 1.73. The number of nitro benzene ring substituents is 1. The lowest BCUT2D eigenvalue weighted by atomic mass is 10.1. The maximum atomic E-state index is 12.6. The fourth-order valence-corrected chi connectivity index (χ4v) is 3.41. The molecular weight excluding hydrogens is 516 g/mol. The first-order valence-electron chi connectivity index (χ1n) is 10.2. The molecule has 0 atom stereocenters. The summed E-state index contributed by atoms with van der Waals surface area (Å²) in [6.45, 7) is 1.62. The number of carbonyl (C=O) groups is 2. The highest BCUT2D eigenvalue weighted by Gasteiger charge is 2.14. The first-order valence-corrected chi connectivity index (χ1v) is 11.0. The minimum atomic E-state index is -0.754. The number of ether oxygens (including phenoxy) is 1. The summed E-state index contributed by atoms with van der Waals surface area (Å²) in [5.74, 6) is -0.850. The summed E-state index contributed by atoms with van der Waals surface area (Å²) >= 11 is 3.34. The van der Waals surface area contributed by atoms with E-state index in [0.29, 0.717) is 15.7 Å². The molecule has 0 aliphatic carbocycles. The van der Waals surface area contributed by atoms with Crippen molar-refractivity contribution >= 4 is 50.9 Å². The number of aryl methyl sites for hydroxylation is 1. The van der Waals surface area contributed by atoms with Crippen LogP contribution in [0.25, 0.3) is 6.08 Å². The SMILES string of the molecule is Cc1cccc(NC(=O)COc2ccc(Br)cc2/C=C(\C#N)C(=O)Nc2cccc([N+](=O)[O-])c2)c1. The minimum absolute atomic E-state index is 0.170. The summed E-state index contributed by atoms with van der Waals surface area (Å²) in [7, 11) is 0. The van der Waals surface area contributed by atoms with E-state index in [1.54, 1.807) is 24.3 Å². The van der Waals surface area contributed by atoms with E-state index in [1.165, 1.54) is 30.3 Å². The quantitative estimate of drug-likeness (QED) is 0.176. The highest BCUT2D eigenvalue weighted by molar-refractivity contribution is 9.10. The molecule has 0 saturated heterocycles. The number of benzene rings is 3. The van der Waals surface area contributed by atoms with Crippen molar-refractivity contribution in [3.63, 3.8) is 0 Å². The summed E-state index contributed by atoms with van der Waals surface area (Å²) in [6.07, 6.45) is 1.31. The van der Waals surface area contributed by atoms with Crippen molar-refractivity contribution < 1.29 is 19.2 Å². The van der Waals surface area contributed by atoms with Gasteiger partial charge >= 0.3 is 0 Å². The Morgan fingerprint density at radius 3 is 2.49 bits per heavy atom. The first-order chi connectivity index (χ1) is 16.7. The number of nitro groups is 1. The maximum absolute atomic E-state index is 12.6. The van der Waals surface area contributed by atoms with Gasteiger partial charge in [0, 0.05) is 33.5 Å². The molecule has 2 amide bonds. The van der Waals surface area contributed by atoms with Gasteiger partial charge in [-0.1, -0.05) is 34.1 Å². The van der Waals surface area contributed by atoms with Crippen LogP contribution in [0.1, 0.15) is 11.1 Å². The average Bonchev–Trinajstić information content (AvgIpc) is 2.82. The van der Waals surface area contributed by atoms with E-state index in [-0.39, 0.29) is 35.2 Å². The molecule has 0 unspecified atom stereocenters. The van der Waals surface area contributed by atoms with Crippen LogP contribution >= 0.6 is 15.9 Å².